The van der Waals surface area contributed by atoms with Crippen molar-refractivity contribution in [1.29, 1.82) is 0 Å². The molecular formula is C16H20Cl3N5. The van der Waals surface area contributed by atoms with Crippen molar-refractivity contribution in [1.82, 2.24) is 19.9 Å². The number of nitrogens with one attached hydrogen (secondary N) is 1. The molecule has 24 heavy (non-hydrogen) atoms. The molecule has 2 rings (SSSR count). The maximum Gasteiger partial charge on any atom is 0.250 e. The van der Waals surface area contributed by atoms with E-state index in [1.54, 1.807) is 0 Å². The van der Waals surface area contributed by atoms with E-state index in [2.05, 4.69) is 25.2 Å². The molecule has 8 heteroatoms. The molecular weight excluding hydrogens is 369 g/mol. The molecule has 1 aromatic heterocycles. The topological polar surface area (TPSA) is 53.9 Å². The zero-order chi connectivity index (χ0) is 17.7. The number of halogens is 3. The largest absolute Gasteiger partial charge is 0.354 e. The minimum atomic E-state index is -1.71. The highest BCUT2D eigenvalue weighted by Gasteiger charge is 2.28. The monoisotopic (exact) mass is 387 g/mol. The van der Waals surface area contributed by atoms with E-state index in [1.165, 1.54) is 0 Å². The first kappa shape index (κ1) is 19.2. The summed E-state index contributed by atoms with van der Waals surface area (Å²) in [5.41, 5.74) is 1.99. The zero-order valence-corrected chi connectivity index (χ0v) is 16.1. The van der Waals surface area contributed by atoms with E-state index in [4.69, 9.17) is 34.8 Å². The van der Waals surface area contributed by atoms with Gasteiger partial charge in [0.05, 0.1) is 0 Å². The van der Waals surface area contributed by atoms with Crippen LogP contribution in [0.5, 0.6) is 0 Å². The molecule has 0 amide bonds. The number of hydrogen-bond donors (Lipinski definition) is 1. The fourth-order valence-electron chi connectivity index (χ4n) is 2.01. The van der Waals surface area contributed by atoms with Crippen LogP contribution >= 0.6 is 34.8 Å². The number of benzene rings is 1. The Bertz CT molecular complexity index is 668. The highest BCUT2D eigenvalue weighted by atomic mass is 35.6. The number of alkyl halides is 3. The SMILES string of the molecule is Cc1ccc(-c2nc(NCCCN(C)C)nc(C(Cl)(Cl)Cl)n2)cc1. The van der Waals surface area contributed by atoms with Gasteiger partial charge in [-0.2, -0.15) is 9.97 Å². The third kappa shape index (κ3) is 5.74. The molecule has 0 saturated heterocycles. The first-order chi connectivity index (χ1) is 11.3. The molecule has 0 spiro atoms. The summed E-state index contributed by atoms with van der Waals surface area (Å²) in [5.74, 6) is 0.982. The van der Waals surface area contributed by atoms with E-state index < -0.39 is 3.79 Å². The van der Waals surface area contributed by atoms with E-state index in [0.29, 0.717) is 11.8 Å². The lowest BCUT2D eigenvalue weighted by Gasteiger charge is -2.14. The molecule has 1 N–H and O–H groups in total. The van der Waals surface area contributed by atoms with E-state index in [1.807, 2.05) is 45.3 Å². The van der Waals surface area contributed by atoms with Gasteiger partial charge in [-0.05, 0) is 34.0 Å². The summed E-state index contributed by atoms with van der Waals surface area (Å²) in [7, 11) is 4.05. The van der Waals surface area contributed by atoms with Gasteiger partial charge in [-0.15, -0.1) is 0 Å². The van der Waals surface area contributed by atoms with Gasteiger partial charge in [0.2, 0.25) is 9.74 Å². The second kappa shape index (κ2) is 8.30. The van der Waals surface area contributed by atoms with Crippen molar-refractivity contribution in [2.75, 3.05) is 32.5 Å². The summed E-state index contributed by atoms with van der Waals surface area (Å²) in [6.07, 6.45) is 0.946. The van der Waals surface area contributed by atoms with E-state index in [-0.39, 0.29) is 5.82 Å². The summed E-state index contributed by atoms with van der Waals surface area (Å²) in [4.78, 5) is 15.1. The van der Waals surface area contributed by atoms with Crippen LogP contribution < -0.4 is 5.32 Å². The average molecular weight is 389 g/mol. The first-order valence-electron chi connectivity index (χ1n) is 7.54. The van der Waals surface area contributed by atoms with E-state index in [0.717, 1.165) is 30.6 Å². The predicted octanol–water partition coefficient (Wildman–Crippen LogP) is 4.04. The number of nitrogens with zero attached hydrogens (tertiary/aromatic N) is 4. The Balaban J connectivity index is 2.26. The molecule has 0 atom stereocenters. The fourth-order valence-corrected chi connectivity index (χ4v) is 2.26. The molecule has 0 aliphatic rings. The van der Waals surface area contributed by atoms with Crippen molar-refractivity contribution in [3.63, 3.8) is 0 Å². The summed E-state index contributed by atoms with van der Waals surface area (Å²) < 4.78 is -1.71. The molecule has 0 aliphatic carbocycles. The Morgan fingerprint density at radius 1 is 1.04 bits per heavy atom. The number of rotatable bonds is 6. The van der Waals surface area contributed by atoms with E-state index >= 15 is 0 Å². The first-order valence-corrected chi connectivity index (χ1v) is 8.68. The van der Waals surface area contributed by atoms with Gasteiger partial charge in [-0.25, -0.2) is 4.98 Å². The Labute approximate surface area is 157 Å². The standard InChI is InChI=1S/C16H20Cl3N5/c1-11-5-7-12(8-6-11)13-21-14(16(17,18)19)23-15(22-13)20-9-4-10-24(2)3/h5-8H,4,9-10H2,1-3H3,(H,20,21,22,23). The summed E-state index contributed by atoms with van der Waals surface area (Å²) >= 11 is 17.9. The Kier molecular flexibility index (Phi) is 6.63. The van der Waals surface area contributed by atoms with Gasteiger partial charge in [0.25, 0.3) is 0 Å². The van der Waals surface area contributed by atoms with Crippen LogP contribution in [0.2, 0.25) is 0 Å². The smallest absolute Gasteiger partial charge is 0.250 e. The molecule has 0 bridgehead atoms. The predicted molar refractivity (Wildman–Crippen MR) is 101 cm³/mol. The lowest BCUT2D eigenvalue weighted by atomic mass is 10.1. The molecule has 5 nitrogen and oxygen atoms in total. The van der Waals surface area contributed by atoms with Crippen LogP contribution in [0.4, 0.5) is 5.95 Å². The molecule has 1 heterocycles. The van der Waals surface area contributed by atoms with Gasteiger partial charge < -0.3 is 10.2 Å². The minimum absolute atomic E-state index is 0.105. The van der Waals surface area contributed by atoms with Crippen molar-refractivity contribution in [2.24, 2.45) is 0 Å². The lowest BCUT2D eigenvalue weighted by molar-refractivity contribution is 0.405. The summed E-state index contributed by atoms with van der Waals surface area (Å²) in [6, 6.07) is 7.84. The normalized spacial score (nSPS) is 11.8. The van der Waals surface area contributed by atoms with Crippen LogP contribution in [-0.4, -0.2) is 47.0 Å². The molecule has 1 aromatic carbocycles. The van der Waals surface area contributed by atoms with Crippen LogP contribution in [0.25, 0.3) is 11.4 Å². The Morgan fingerprint density at radius 3 is 2.29 bits per heavy atom. The minimum Gasteiger partial charge on any atom is -0.354 e. The van der Waals surface area contributed by atoms with Crippen molar-refractivity contribution in [3.05, 3.63) is 35.7 Å². The summed E-state index contributed by atoms with van der Waals surface area (Å²) in [5, 5.41) is 3.17. The maximum atomic E-state index is 5.96. The maximum absolute atomic E-state index is 5.96. The molecule has 0 fully saturated rings. The van der Waals surface area contributed by atoms with Gasteiger partial charge in [-0.3, -0.25) is 0 Å². The highest BCUT2D eigenvalue weighted by Crippen LogP contribution is 2.36. The quantitative estimate of drug-likeness (QED) is 0.598. The van der Waals surface area contributed by atoms with Crippen LogP contribution in [-0.2, 0) is 3.79 Å². The third-order valence-electron chi connectivity index (χ3n) is 3.26. The molecule has 0 aliphatic heterocycles. The van der Waals surface area contributed by atoms with E-state index in [9.17, 15) is 0 Å². The van der Waals surface area contributed by atoms with Crippen molar-refractivity contribution in [3.8, 4) is 11.4 Å². The van der Waals surface area contributed by atoms with Gasteiger partial charge >= 0.3 is 0 Å². The van der Waals surface area contributed by atoms with Gasteiger partial charge in [0.15, 0.2) is 11.6 Å². The number of anilines is 1. The number of aromatic nitrogens is 3. The van der Waals surface area contributed by atoms with Gasteiger partial charge in [-0.1, -0.05) is 64.6 Å². The molecule has 130 valence electrons. The fraction of sp³-hybridized carbons (Fsp3) is 0.438. The number of aryl methyl sites for hydroxylation is 1. The second-order valence-electron chi connectivity index (χ2n) is 5.75. The van der Waals surface area contributed by atoms with Crippen molar-refractivity contribution >= 4 is 40.8 Å². The Hall–Kier alpha value is -1.14. The molecule has 0 unspecified atom stereocenters. The van der Waals surface area contributed by atoms with Gasteiger partial charge in [0.1, 0.15) is 0 Å². The third-order valence-corrected chi connectivity index (χ3v) is 3.77. The summed E-state index contributed by atoms with van der Waals surface area (Å²) in [6.45, 7) is 3.69. The van der Waals surface area contributed by atoms with Crippen molar-refractivity contribution < 1.29 is 0 Å². The lowest BCUT2D eigenvalue weighted by Crippen LogP contribution is -2.18. The van der Waals surface area contributed by atoms with Crippen LogP contribution in [0.15, 0.2) is 24.3 Å². The van der Waals surface area contributed by atoms with Crippen molar-refractivity contribution in [2.45, 2.75) is 17.1 Å². The van der Waals surface area contributed by atoms with Crippen LogP contribution in [0.3, 0.4) is 0 Å². The number of hydrogen-bond acceptors (Lipinski definition) is 5. The highest BCUT2D eigenvalue weighted by molar-refractivity contribution is 6.66. The van der Waals surface area contributed by atoms with Crippen LogP contribution in [0.1, 0.15) is 17.8 Å². The second-order valence-corrected chi connectivity index (χ2v) is 8.03. The average Bonchev–Trinajstić information content (AvgIpc) is 2.51. The molecule has 0 radical (unpaired) electrons. The van der Waals surface area contributed by atoms with Gasteiger partial charge in [0, 0.05) is 12.1 Å². The molecule has 0 saturated carbocycles. The molecule has 2 aromatic rings. The Morgan fingerprint density at radius 2 is 1.71 bits per heavy atom. The zero-order valence-electron chi connectivity index (χ0n) is 13.9. The van der Waals surface area contributed by atoms with Crippen LogP contribution in [0, 0.1) is 6.92 Å².